The lowest BCUT2D eigenvalue weighted by Crippen LogP contribution is -2.25. The number of hydrogen-bond acceptors (Lipinski definition) is 4. The molecule has 0 aromatic heterocycles. The van der Waals surface area contributed by atoms with Crippen molar-refractivity contribution in [2.75, 3.05) is 18.7 Å². The monoisotopic (exact) mass is 324 g/mol. The zero-order chi connectivity index (χ0) is 16.9. The van der Waals surface area contributed by atoms with E-state index >= 15 is 0 Å². The lowest BCUT2D eigenvalue weighted by atomic mass is 10.1. The van der Waals surface area contributed by atoms with E-state index in [1.54, 1.807) is 48.5 Å². The molecule has 0 aliphatic carbocycles. The van der Waals surface area contributed by atoms with Gasteiger partial charge in [0.2, 0.25) is 6.79 Å². The highest BCUT2D eigenvalue weighted by Crippen LogP contribution is 2.32. The van der Waals surface area contributed by atoms with Gasteiger partial charge in [-0.05, 0) is 30.3 Å². The van der Waals surface area contributed by atoms with E-state index in [9.17, 15) is 9.59 Å². The minimum atomic E-state index is -0.336. The lowest BCUT2D eigenvalue weighted by Gasteiger charge is -2.11. The van der Waals surface area contributed by atoms with Gasteiger partial charge >= 0.3 is 0 Å². The van der Waals surface area contributed by atoms with Crippen molar-refractivity contribution in [3.8, 4) is 11.5 Å². The van der Waals surface area contributed by atoms with Crippen molar-refractivity contribution in [3.63, 3.8) is 0 Å². The second-order valence-corrected chi connectivity index (χ2v) is 5.07. The van der Waals surface area contributed by atoms with Crippen molar-refractivity contribution >= 4 is 17.5 Å². The van der Waals surface area contributed by atoms with Crippen LogP contribution in [0.2, 0.25) is 0 Å². The summed E-state index contributed by atoms with van der Waals surface area (Å²) in [6.07, 6.45) is 1.59. The average molecular weight is 324 g/mol. The predicted molar refractivity (Wildman–Crippen MR) is 89.5 cm³/mol. The van der Waals surface area contributed by atoms with E-state index in [-0.39, 0.29) is 18.6 Å². The van der Waals surface area contributed by atoms with Gasteiger partial charge in [-0.15, -0.1) is 6.58 Å². The Bertz CT molecular complexity index is 801. The zero-order valence-corrected chi connectivity index (χ0v) is 12.9. The fourth-order valence-corrected chi connectivity index (χ4v) is 2.28. The molecule has 6 heteroatoms. The molecule has 1 aliphatic rings. The number of ether oxygens (including phenoxy) is 2. The molecule has 6 nitrogen and oxygen atoms in total. The fraction of sp³-hybridized carbons (Fsp3) is 0.111. The average Bonchev–Trinajstić information content (AvgIpc) is 3.07. The first-order valence-electron chi connectivity index (χ1n) is 7.38. The van der Waals surface area contributed by atoms with Crippen molar-refractivity contribution in [1.82, 2.24) is 5.32 Å². The van der Waals surface area contributed by atoms with E-state index in [4.69, 9.17) is 9.47 Å². The summed E-state index contributed by atoms with van der Waals surface area (Å²) in [7, 11) is 0. The first kappa shape index (κ1) is 15.6. The number of nitrogens with one attached hydrogen (secondary N) is 2. The Kier molecular flexibility index (Phi) is 4.47. The number of rotatable bonds is 5. The molecule has 3 rings (SSSR count). The van der Waals surface area contributed by atoms with Crippen molar-refractivity contribution < 1.29 is 19.1 Å². The highest BCUT2D eigenvalue weighted by molar-refractivity contribution is 6.09. The van der Waals surface area contributed by atoms with Crippen LogP contribution in [0.15, 0.2) is 55.1 Å². The summed E-state index contributed by atoms with van der Waals surface area (Å²) in [5, 5.41) is 5.44. The van der Waals surface area contributed by atoms with Crippen molar-refractivity contribution in [2.24, 2.45) is 0 Å². The number of fused-ring (bicyclic) bond motifs is 1. The minimum absolute atomic E-state index is 0.146. The minimum Gasteiger partial charge on any atom is -0.454 e. The zero-order valence-electron chi connectivity index (χ0n) is 12.9. The molecule has 0 spiro atoms. The van der Waals surface area contributed by atoms with Crippen LogP contribution in [-0.2, 0) is 0 Å². The molecule has 0 radical (unpaired) electrons. The van der Waals surface area contributed by atoms with Gasteiger partial charge in [-0.1, -0.05) is 18.2 Å². The summed E-state index contributed by atoms with van der Waals surface area (Å²) in [6, 6.07) is 11.7. The van der Waals surface area contributed by atoms with Gasteiger partial charge in [0.25, 0.3) is 11.8 Å². The van der Waals surface area contributed by atoms with Gasteiger partial charge in [0, 0.05) is 12.1 Å². The van der Waals surface area contributed by atoms with Crippen molar-refractivity contribution in [3.05, 3.63) is 66.2 Å². The van der Waals surface area contributed by atoms with E-state index in [0.717, 1.165) is 0 Å². The smallest absolute Gasteiger partial charge is 0.255 e. The third kappa shape index (κ3) is 3.22. The van der Waals surface area contributed by atoms with Gasteiger partial charge in [-0.2, -0.15) is 0 Å². The third-order valence-corrected chi connectivity index (χ3v) is 3.46. The van der Waals surface area contributed by atoms with Crippen LogP contribution < -0.4 is 20.1 Å². The summed E-state index contributed by atoms with van der Waals surface area (Å²) in [5.74, 6) is 0.518. The molecule has 2 aromatic rings. The molecular formula is C18H16N2O4. The van der Waals surface area contributed by atoms with Crippen LogP contribution in [-0.4, -0.2) is 25.2 Å². The fourth-order valence-electron chi connectivity index (χ4n) is 2.28. The maximum absolute atomic E-state index is 12.4. The number of para-hydroxylation sites is 1. The van der Waals surface area contributed by atoms with Crippen LogP contribution >= 0.6 is 0 Å². The van der Waals surface area contributed by atoms with Crippen molar-refractivity contribution in [1.29, 1.82) is 0 Å². The SMILES string of the molecule is C=CCNC(=O)c1ccccc1NC(=O)c1ccc2c(c1)OCO2. The summed E-state index contributed by atoms with van der Waals surface area (Å²) in [5.41, 5.74) is 1.23. The normalized spacial score (nSPS) is 11.7. The van der Waals surface area contributed by atoms with E-state index in [1.807, 2.05) is 0 Å². The molecule has 0 saturated heterocycles. The number of benzene rings is 2. The van der Waals surface area contributed by atoms with Crippen LogP contribution in [0.4, 0.5) is 5.69 Å². The Morgan fingerprint density at radius 2 is 1.88 bits per heavy atom. The molecule has 0 atom stereocenters. The topological polar surface area (TPSA) is 76.7 Å². The molecule has 0 fully saturated rings. The Hall–Kier alpha value is -3.28. The molecule has 0 bridgehead atoms. The molecule has 122 valence electrons. The van der Waals surface area contributed by atoms with Gasteiger partial charge in [0.15, 0.2) is 11.5 Å². The molecule has 2 N–H and O–H groups in total. The second-order valence-electron chi connectivity index (χ2n) is 5.07. The molecule has 2 aromatic carbocycles. The van der Waals surface area contributed by atoms with Gasteiger partial charge in [-0.3, -0.25) is 9.59 Å². The molecule has 24 heavy (non-hydrogen) atoms. The molecule has 0 saturated carbocycles. The van der Waals surface area contributed by atoms with Crippen LogP contribution in [0.5, 0.6) is 11.5 Å². The first-order valence-corrected chi connectivity index (χ1v) is 7.38. The summed E-state index contributed by atoms with van der Waals surface area (Å²) < 4.78 is 10.5. The molecular weight excluding hydrogens is 308 g/mol. The third-order valence-electron chi connectivity index (χ3n) is 3.46. The molecule has 2 amide bonds. The quantitative estimate of drug-likeness (QED) is 0.829. The predicted octanol–water partition coefficient (Wildman–Crippen LogP) is 2.58. The lowest BCUT2D eigenvalue weighted by molar-refractivity contribution is 0.0959. The highest BCUT2D eigenvalue weighted by atomic mass is 16.7. The highest BCUT2D eigenvalue weighted by Gasteiger charge is 2.18. The number of hydrogen-bond donors (Lipinski definition) is 2. The van der Waals surface area contributed by atoms with Gasteiger partial charge in [0.1, 0.15) is 0 Å². The Morgan fingerprint density at radius 1 is 1.08 bits per heavy atom. The second kappa shape index (κ2) is 6.87. The Morgan fingerprint density at radius 3 is 2.71 bits per heavy atom. The molecule has 1 heterocycles. The Balaban J connectivity index is 1.79. The summed E-state index contributed by atoms with van der Waals surface area (Å²) in [6.45, 7) is 4.05. The van der Waals surface area contributed by atoms with E-state index < -0.39 is 0 Å². The number of carbonyl (C=O) groups is 2. The summed E-state index contributed by atoms with van der Waals surface area (Å²) >= 11 is 0. The number of carbonyl (C=O) groups excluding carboxylic acids is 2. The maximum Gasteiger partial charge on any atom is 0.255 e. The van der Waals surface area contributed by atoms with Crippen LogP contribution in [0.1, 0.15) is 20.7 Å². The molecule has 1 aliphatic heterocycles. The number of anilines is 1. The largest absolute Gasteiger partial charge is 0.454 e. The van der Waals surface area contributed by atoms with Gasteiger partial charge in [-0.25, -0.2) is 0 Å². The van der Waals surface area contributed by atoms with Crippen molar-refractivity contribution in [2.45, 2.75) is 0 Å². The van der Waals surface area contributed by atoms with Gasteiger partial charge in [0.05, 0.1) is 11.3 Å². The molecule has 0 unspecified atom stereocenters. The number of amides is 2. The summed E-state index contributed by atoms with van der Waals surface area (Å²) in [4.78, 5) is 24.6. The first-order chi connectivity index (χ1) is 11.7. The van der Waals surface area contributed by atoms with Crippen LogP contribution in [0, 0.1) is 0 Å². The van der Waals surface area contributed by atoms with E-state index in [1.165, 1.54) is 0 Å². The van der Waals surface area contributed by atoms with E-state index in [0.29, 0.717) is 34.9 Å². The maximum atomic E-state index is 12.4. The standard InChI is InChI=1S/C18H16N2O4/c1-2-9-19-18(22)13-5-3-4-6-14(13)20-17(21)12-7-8-15-16(10-12)24-11-23-15/h2-8,10H,1,9,11H2,(H,19,22)(H,20,21). The van der Waals surface area contributed by atoms with Crippen LogP contribution in [0.25, 0.3) is 0 Å². The van der Waals surface area contributed by atoms with Crippen LogP contribution in [0.3, 0.4) is 0 Å². The van der Waals surface area contributed by atoms with E-state index in [2.05, 4.69) is 17.2 Å². The van der Waals surface area contributed by atoms with Gasteiger partial charge < -0.3 is 20.1 Å². The Labute approximate surface area is 139 Å².